The number of aryl methyl sites for hydroxylation is 1. The van der Waals surface area contributed by atoms with E-state index in [-0.39, 0.29) is 11.9 Å². The van der Waals surface area contributed by atoms with Gasteiger partial charge in [0.1, 0.15) is 0 Å². The Morgan fingerprint density at radius 2 is 2.10 bits per heavy atom. The largest absolute Gasteiger partial charge is 0.336 e. The van der Waals surface area contributed by atoms with Crippen LogP contribution in [0.1, 0.15) is 48.7 Å². The Bertz CT molecular complexity index is 526. The maximum absolute atomic E-state index is 12.7. The topological polar surface area (TPSA) is 46.3 Å². The van der Waals surface area contributed by atoms with Gasteiger partial charge in [-0.1, -0.05) is 24.8 Å². The third kappa shape index (κ3) is 3.85. The van der Waals surface area contributed by atoms with Crippen LogP contribution >= 0.6 is 0 Å². The van der Waals surface area contributed by atoms with Gasteiger partial charge in [-0.3, -0.25) is 4.79 Å². The maximum atomic E-state index is 12.7. The van der Waals surface area contributed by atoms with Crippen molar-refractivity contribution >= 4 is 5.91 Å². The van der Waals surface area contributed by atoms with Crippen LogP contribution in [0.2, 0.25) is 0 Å². The fraction of sp³-hybridized carbons (Fsp3) is 0.471. The Balaban J connectivity index is 3.20. The number of benzene rings is 1. The minimum Gasteiger partial charge on any atom is -0.336 e. The zero-order valence-corrected chi connectivity index (χ0v) is 12.9. The fourth-order valence-electron chi connectivity index (χ4n) is 2.12. The molecule has 1 unspecified atom stereocenters. The number of carbonyl (C=O) groups is 1. The maximum Gasteiger partial charge on any atom is 0.255 e. The van der Waals surface area contributed by atoms with Crippen molar-refractivity contribution in [1.82, 2.24) is 4.90 Å². The molecule has 0 saturated carbocycles. The van der Waals surface area contributed by atoms with E-state index in [1.807, 2.05) is 36.9 Å². The summed E-state index contributed by atoms with van der Waals surface area (Å²) in [5.74, 6) is 5.89. The van der Waals surface area contributed by atoms with Crippen LogP contribution < -0.4 is 5.73 Å². The van der Waals surface area contributed by atoms with E-state index in [0.29, 0.717) is 18.7 Å². The van der Waals surface area contributed by atoms with Crippen molar-refractivity contribution in [2.24, 2.45) is 5.73 Å². The Labute approximate surface area is 122 Å². The molecule has 0 spiro atoms. The lowest BCUT2D eigenvalue weighted by Crippen LogP contribution is -2.38. The number of hydrogen-bond donors (Lipinski definition) is 1. The summed E-state index contributed by atoms with van der Waals surface area (Å²) in [7, 11) is 0. The number of nitrogens with zero attached hydrogens (tertiary/aromatic N) is 1. The zero-order valence-electron chi connectivity index (χ0n) is 12.9. The Kier molecular flexibility index (Phi) is 6.27. The standard InChI is InChI=1S/C17H24N2O/c1-5-14(4)19(6-2)17(20)16-10-9-13(3)12-15(16)8-7-11-18/h9-10,12,14H,5-6,11,18H2,1-4H3. The molecular weight excluding hydrogens is 248 g/mol. The van der Waals surface area contributed by atoms with E-state index in [1.165, 1.54) is 0 Å². The lowest BCUT2D eigenvalue weighted by atomic mass is 10.0. The van der Waals surface area contributed by atoms with Crippen LogP contribution in [0.4, 0.5) is 0 Å². The van der Waals surface area contributed by atoms with Crippen molar-refractivity contribution in [2.45, 2.75) is 40.2 Å². The van der Waals surface area contributed by atoms with Gasteiger partial charge in [-0.05, 0) is 44.9 Å². The summed E-state index contributed by atoms with van der Waals surface area (Å²) in [6.07, 6.45) is 0.940. The summed E-state index contributed by atoms with van der Waals surface area (Å²) in [5, 5.41) is 0. The van der Waals surface area contributed by atoms with Crippen LogP contribution in [-0.2, 0) is 0 Å². The number of amides is 1. The van der Waals surface area contributed by atoms with Gasteiger partial charge in [0.15, 0.2) is 0 Å². The van der Waals surface area contributed by atoms with Crippen LogP contribution in [0.15, 0.2) is 18.2 Å². The molecule has 1 aromatic carbocycles. The van der Waals surface area contributed by atoms with E-state index in [9.17, 15) is 4.79 Å². The zero-order chi connectivity index (χ0) is 15.1. The predicted octanol–water partition coefficient (Wildman–Crippen LogP) is 2.57. The van der Waals surface area contributed by atoms with E-state index in [0.717, 1.165) is 17.5 Å². The first-order chi connectivity index (χ1) is 9.54. The molecule has 0 heterocycles. The van der Waals surface area contributed by atoms with Gasteiger partial charge in [0, 0.05) is 18.2 Å². The first-order valence-corrected chi connectivity index (χ1v) is 7.15. The van der Waals surface area contributed by atoms with E-state index in [2.05, 4.69) is 25.7 Å². The fourth-order valence-corrected chi connectivity index (χ4v) is 2.12. The quantitative estimate of drug-likeness (QED) is 0.856. The molecule has 0 saturated heterocycles. The summed E-state index contributed by atoms with van der Waals surface area (Å²) in [6, 6.07) is 5.98. The highest BCUT2D eigenvalue weighted by atomic mass is 16.2. The van der Waals surface area contributed by atoms with E-state index in [1.54, 1.807) is 0 Å². The summed E-state index contributed by atoms with van der Waals surface area (Å²) < 4.78 is 0. The second kappa shape index (κ2) is 7.72. The molecule has 0 aliphatic heterocycles. The first kappa shape index (κ1) is 16.3. The molecular formula is C17H24N2O. The molecule has 1 aromatic rings. The molecule has 108 valence electrons. The molecule has 3 nitrogen and oxygen atoms in total. The molecule has 1 atom stereocenters. The molecule has 0 aromatic heterocycles. The summed E-state index contributed by atoms with van der Waals surface area (Å²) in [6.45, 7) is 9.15. The highest BCUT2D eigenvalue weighted by molar-refractivity contribution is 5.97. The second-order valence-corrected chi connectivity index (χ2v) is 4.90. The molecule has 20 heavy (non-hydrogen) atoms. The molecule has 0 bridgehead atoms. The lowest BCUT2D eigenvalue weighted by molar-refractivity contribution is 0.0699. The highest BCUT2D eigenvalue weighted by Gasteiger charge is 2.20. The second-order valence-electron chi connectivity index (χ2n) is 4.90. The molecule has 2 N–H and O–H groups in total. The van der Waals surface area contributed by atoms with Crippen molar-refractivity contribution in [3.63, 3.8) is 0 Å². The lowest BCUT2D eigenvalue weighted by Gasteiger charge is -2.27. The minimum atomic E-state index is 0.0446. The Morgan fingerprint density at radius 1 is 1.40 bits per heavy atom. The molecule has 1 amide bonds. The van der Waals surface area contributed by atoms with E-state index in [4.69, 9.17) is 5.73 Å². The van der Waals surface area contributed by atoms with Gasteiger partial charge in [0.2, 0.25) is 0 Å². The van der Waals surface area contributed by atoms with Crippen LogP contribution in [0.5, 0.6) is 0 Å². The van der Waals surface area contributed by atoms with Crippen LogP contribution in [-0.4, -0.2) is 29.9 Å². The average Bonchev–Trinajstić information content (AvgIpc) is 2.45. The monoisotopic (exact) mass is 272 g/mol. The van der Waals surface area contributed by atoms with Crippen LogP contribution in [0, 0.1) is 18.8 Å². The van der Waals surface area contributed by atoms with Gasteiger partial charge >= 0.3 is 0 Å². The van der Waals surface area contributed by atoms with Gasteiger partial charge in [-0.25, -0.2) is 0 Å². The van der Waals surface area contributed by atoms with E-state index < -0.39 is 0 Å². The third-order valence-electron chi connectivity index (χ3n) is 3.46. The molecule has 0 aliphatic carbocycles. The van der Waals surface area contributed by atoms with Crippen molar-refractivity contribution in [1.29, 1.82) is 0 Å². The van der Waals surface area contributed by atoms with Gasteiger partial charge in [0.05, 0.1) is 12.1 Å². The number of carbonyl (C=O) groups excluding carboxylic acids is 1. The van der Waals surface area contributed by atoms with Crippen molar-refractivity contribution in [2.75, 3.05) is 13.1 Å². The molecule has 0 aliphatic rings. The van der Waals surface area contributed by atoms with Gasteiger partial charge < -0.3 is 10.6 Å². The molecule has 0 radical (unpaired) electrons. The molecule has 3 heteroatoms. The van der Waals surface area contributed by atoms with Crippen molar-refractivity contribution in [3.05, 3.63) is 34.9 Å². The number of rotatable bonds is 4. The SMILES string of the molecule is CCC(C)N(CC)C(=O)c1ccc(C)cc1C#CCN. The number of hydrogen-bond acceptors (Lipinski definition) is 2. The van der Waals surface area contributed by atoms with Crippen LogP contribution in [0.3, 0.4) is 0 Å². The van der Waals surface area contributed by atoms with Gasteiger partial charge in [-0.2, -0.15) is 0 Å². The Morgan fingerprint density at radius 3 is 2.65 bits per heavy atom. The highest BCUT2D eigenvalue weighted by Crippen LogP contribution is 2.16. The molecule has 0 fully saturated rings. The molecule has 1 rings (SSSR count). The minimum absolute atomic E-state index is 0.0446. The summed E-state index contributed by atoms with van der Waals surface area (Å²) >= 11 is 0. The van der Waals surface area contributed by atoms with Gasteiger partial charge in [-0.15, -0.1) is 0 Å². The summed E-state index contributed by atoms with van der Waals surface area (Å²) in [4.78, 5) is 14.6. The van der Waals surface area contributed by atoms with Gasteiger partial charge in [0.25, 0.3) is 5.91 Å². The smallest absolute Gasteiger partial charge is 0.255 e. The first-order valence-electron chi connectivity index (χ1n) is 7.15. The van der Waals surface area contributed by atoms with Crippen molar-refractivity contribution in [3.8, 4) is 11.8 Å². The number of nitrogens with two attached hydrogens (primary N) is 1. The summed E-state index contributed by atoms with van der Waals surface area (Å²) in [5.41, 5.74) is 7.95. The predicted molar refractivity (Wildman–Crippen MR) is 83.6 cm³/mol. The Hall–Kier alpha value is -1.79. The van der Waals surface area contributed by atoms with Crippen molar-refractivity contribution < 1.29 is 4.79 Å². The van der Waals surface area contributed by atoms with E-state index >= 15 is 0 Å². The normalized spacial score (nSPS) is 11.4. The van der Waals surface area contributed by atoms with Crippen LogP contribution in [0.25, 0.3) is 0 Å². The average molecular weight is 272 g/mol. The third-order valence-corrected chi connectivity index (χ3v) is 3.46.